The van der Waals surface area contributed by atoms with E-state index >= 15 is 0 Å². The first kappa shape index (κ1) is 18.8. The van der Waals surface area contributed by atoms with Crippen LogP contribution in [0.5, 0.6) is 11.5 Å². The van der Waals surface area contributed by atoms with Gasteiger partial charge in [0.05, 0.1) is 6.04 Å². The molecule has 1 atom stereocenters. The maximum atomic E-state index is 5.75. The summed E-state index contributed by atoms with van der Waals surface area (Å²) in [6, 6.07) is 15.7. The van der Waals surface area contributed by atoms with Gasteiger partial charge in [-0.15, -0.1) is 0 Å². The molecule has 0 spiro atoms. The predicted molar refractivity (Wildman–Crippen MR) is 108 cm³/mol. The van der Waals surface area contributed by atoms with Gasteiger partial charge >= 0.3 is 0 Å². The summed E-state index contributed by atoms with van der Waals surface area (Å²) in [4.78, 5) is 0. The maximum absolute atomic E-state index is 5.75. The molecule has 0 aromatic heterocycles. The molecular formula is C20H24N2O2S. The molecule has 0 radical (unpaired) electrons. The fourth-order valence-electron chi connectivity index (χ4n) is 2.08. The lowest BCUT2D eigenvalue weighted by Crippen LogP contribution is -2.39. The van der Waals surface area contributed by atoms with Crippen LogP contribution in [0, 0.1) is 6.92 Å². The topological polar surface area (TPSA) is 42.5 Å². The van der Waals surface area contributed by atoms with Gasteiger partial charge < -0.3 is 20.1 Å². The third-order valence-corrected chi connectivity index (χ3v) is 3.60. The van der Waals surface area contributed by atoms with Gasteiger partial charge in [-0.25, -0.2) is 0 Å². The fraction of sp³-hybridized carbons (Fsp3) is 0.250. The number of nitrogens with one attached hydrogen (secondary N) is 2. The molecule has 0 unspecified atom stereocenters. The highest BCUT2D eigenvalue weighted by molar-refractivity contribution is 7.80. The van der Waals surface area contributed by atoms with E-state index in [4.69, 9.17) is 21.7 Å². The van der Waals surface area contributed by atoms with Crippen LogP contribution in [-0.4, -0.2) is 24.4 Å². The van der Waals surface area contributed by atoms with Crippen molar-refractivity contribution in [2.24, 2.45) is 0 Å². The molecule has 0 saturated heterocycles. The van der Waals surface area contributed by atoms with E-state index in [1.807, 2.05) is 55.5 Å². The van der Waals surface area contributed by atoms with E-state index in [0.29, 0.717) is 18.3 Å². The van der Waals surface area contributed by atoms with Gasteiger partial charge in [0.15, 0.2) is 5.11 Å². The van der Waals surface area contributed by atoms with Crippen molar-refractivity contribution in [2.45, 2.75) is 19.9 Å². The smallest absolute Gasteiger partial charge is 0.171 e. The van der Waals surface area contributed by atoms with Crippen LogP contribution < -0.4 is 20.1 Å². The van der Waals surface area contributed by atoms with Crippen LogP contribution in [0.3, 0.4) is 0 Å². The second-order valence-electron chi connectivity index (χ2n) is 5.75. The first-order chi connectivity index (χ1) is 12.1. The van der Waals surface area contributed by atoms with E-state index in [1.165, 1.54) is 5.56 Å². The van der Waals surface area contributed by atoms with Crippen LogP contribution in [0.2, 0.25) is 0 Å². The molecule has 0 bridgehead atoms. The van der Waals surface area contributed by atoms with E-state index in [-0.39, 0.29) is 6.04 Å². The number of benzene rings is 2. The third-order valence-electron chi connectivity index (χ3n) is 3.38. The molecule has 5 heteroatoms. The molecule has 132 valence electrons. The Morgan fingerprint density at radius 1 is 1.08 bits per heavy atom. The summed E-state index contributed by atoms with van der Waals surface area (Å²) in [6.45, 7) is 8.72. The molecule has 2 N–H and O–H groups in total. The molecule has 2 aromatic carbocycles. The van der Waals surface area contributed by atoms with Crippen LogP contribution in [0.25, 0.3) is 0 Å². The summed E-state index contributed by atoms with van der Waals surface area (Å²) in [5.41, 5.74) is 2.11. The quantitative estimate of drug-likeness (QED) is 0.545. The fourth-order valence-corrected chi connectivity index (χ4v) is 2.40. The summed E-state index contributed by atoms with van der Waals surface area (Å²) in [6.07, 6.45) is 1.71. The Morgan fingerprint density at radius 2 is 1.68 bits per heavy atom. The Kier molecular flexibility index (Phi) is 7.29. The van der Waals surface area contributed by atoms with Crippen LogP contribution >= 0.6 is 12.2 Å². The van der Waals surface area contributed by atoms with Crippen molar-refractivity contribution in [3.63, 3.8) is 0 Å². The van der Waals surface area contributed by atoms with Crippen molar-refractivity contribution in [3.05, 3.63) is 66.7 Å². The molecular weight excluding hydrogens is 332 g/mol. The average Bonchev–Trinajstić information content (AvgIpc) is 2.60. The molecule has 25 heavy (non-hydrogen) atoms. The summed E-state index contributed by atoms with van der Waals surface area (Å²) < 4.78 is 11.2. The zero-order chi connectivity index (χ0) is 18.1. The zero-order valence-corrected chi connectivity index (χ0v) is 15.4. The largest absolute Gasteiger partial charge is 0.491 e. The lowest BCUT2D eigenvalue weighted by Gasteiger charge is -2.18. The van der Waals surface area contributed by atoms with Crippen molar-refractivity contribution in [1.29, 1.82) is 0 Å². The number of hydrogen-bond acceptors (Lipinski definition) is 3. The van der Waals surface area contributed by atoms with Gasteiger partial charge in [0.1, 0.15) is 24.7 Å². The van der Waals surface area contributed by atoms with E-state index in [0.717, 1.165) is 17.2 Å². The van der Waals surface area contributed by atoms with Crippen molar-refractivity contribution in [3.8, 4) is 11.5 Å². The summed E-state index contributed by atoms with van der Waals surface area (Å²) in [5.74, 6) is 1.65. The molecule has 2 aromatic rings. The lowest BCUT2D eigenvalue weighted by molar-refractivity contribution is 0.287. The molecule has 4 nitrogen and oxygen atoms in total. The minimum Gasteiger partial charge on any atom is -0.491 e. The first-order valence-corrected chi connectivity index (χ1v) is 8.58. The number of hydrogen-bond donors (Lipinski definition) is 2. The Hall–Kier alpha value is -2.53. The average molecular weight is 356 g/mol. The van der Waals surface area contributed by atoms with E-state index in [2.05, 4.69) is 24.1 Å². The number of thiocarbonyl (C=S) groups is 1. The number of rotatable bonds is 8. The molecule has 0 aliphatic heterocycles. The van der Waals surface area contributed by atoms with Gasteiger partial charge in [-0.2, -0.15) is 0 Å². The van der Waals surface area contributed by atoms with Gasteiger partial charge in [0.25, 0.3) is 0 Å². The highest BCUT2D eigenvalue weighted by Crippen LogP contribution is 2.16. The van der Waals surface area contributed by atoms with Crippen molar-refractivity contribution in [1.82, 2.24) is 5.32 Å². The number of anilines is 1. The Morgan fingerprint density at radius 3 is 2.32 bits per heavy atom. The summed E-state index contributed by atoms with van der Waals surface area (Å²) in [5, 5.41) is 6.92. The molecule has 0 fully saturated rings. The van der Waals surface area contributed by atoms with E-state index in [9.17, 15) is 0 Å². The minimum atomic E-state index is 0.0801. The van der Waals surface area contributed by atoms with Gasteiger partial charge in [-0.1, -0.05) is 30.4 Å². The van der Waals surface area contributed by atoms with Crippen molar-refractivity contribution >= 4 is 23.0 Å². The summed E-state index contributed by atoms with van der Waals surface area (Å²) >= 11 is 5.34. The Balaban J connectivity index is 1.75. The molecule has 0 aliphatic carbocycles. The van der Waals surface area contributed by atoms with Crippen molar-refractivity contribution < 1.29 is 9.47 Å². The second-order valence-corrected chi connectivity index (χ2v) is 6.16. The molecule has 0 aliphatic rings. The van der Waals surface area contributed by atoms with E-state index < -0.39 is 0 Å². The third kappa shape index (κ3) is 6.85. The Labute approximate surface area is 154 Å². The van der Waals surface area contributed by atoms with Crippen LogP contribution in [0.15, 0.2) is 61.2 Å². The van der Waals surface area contributed by atoms with Gasteiger partial charge in [-0.05, 0) is 62.5 Å². The maximum Gasteiger partial charge on any atom is 0.171 e. The first-order valence-electron chi connectivity index (χ1n) is 8.17. The number of aryl methyl sites for hydroxylation is 1. The predicted octanol–water partition coefficient (Wildman–Crippen LogP) is 4.31. The normalized spacial score (nSPS) is 11.3. The van der Waals surface area contributed by atoms with Gasteiger partial charge in [0.2, 0.25) is 0 Å². The van der Waals surface area contributed by atoms with E-state index in [1.54, 1.807) is 6.08 Å². The molecule has 2 rings (SSSR count). The van der Waals surface area contributed by atoms with Crippen LogP contribution in [0.1, 0.15) is 12.5 Å². The van der Waals surface area contributed by atoms with Crippen LogP contribution in [-0.2, 0) is 0 Å². The Bertz CT molecular complexity index is 684. The van der Waals surface area contributed by atoms with Crippen molar-refractivity contribution in [2.75, 3.05) is 18.5 Å². The highest BCUT2D eigenvalue weighted by Gasteiger charge is 2.06. The zero-order valence-electron chi connectivity index (χ0n) is 14.6. The van der Waals surface area contributed by atoms with Crippen LogP contribution in [0.4, 0.5) is 5.69 Å². The standard InChI is InChI=1S/C20H24N2O2S/c1-4-13-23-18-11-7-17(8-12-18)22-20(25)21-16(3)14-24-19-9-5-15(2)6-10-19/h4-12,16H,1,13-14H2,2-3H3,(H2,21,22,25)/t16-/m0/s1. The molecule has 0 heterocycles. The minimum absolute atomic E-state index is 0.0801. The molecule has 0 saturated carbocycles. The molecule has 0 amide bonds. The SMILES string of the molecule is C=CCOc1ccc(NC(=S)N[C@@H](C)COc2ccc(C)cc2)cc1. The number of ether oxygens (including phenoxy) is 2. The second kappa shape index (κ2) is 9.69. The van der Waals surface area contributed by atoms with Gasteiger partial charge in [-0.3, -0.25) is 0 Å². The lowest BCUT2D eigenvalue weighted by atomic mass is 10.2. The highest BCUT2D eigenvalue weighted by atomic mass is 32.1. The summed E-state index contributed by atoms with van der Waals surface area (Å²) in [7, 11) is 0. The van der Waals surface area contributed by atoms with Gasteiger partial charge in [0, 0.05) is 5.69 Å². The monoisotopic (exact) mass is 356 g/mol.